The highest BCUT2D eigenvalue weighted by Gasteiger charge is 2.27. The Morgan fingerprint density at radius 2 is 1.69 bits per heavy atom. The van der Waals surface area contributed by atoms with Crippen molar-refractivity contribution in [2.45, 2.75) is 6.54 Å². The first kappa shape index (κ1) is 21.5. The van der Waals surface area contributed by atoms with E-state index in [-0.39, 0.29) is 24.8 Å². The van der Waals surface area contributed by atoms with Crippen molar-refractivity contribution < 1.29 is 17.6 Å². The number of halogens is 2. The Kier molecular flexibility index (Phi) is 6.77. The number of amides is 1. The average molecular weight is 440 g/mol. The second kappa shape index (κ2) is 9.11. The zero-order chi connectivity index (χ0) is 21.0. The summed E-state index contributed by atoms with van der Waals surface area (Å²) in [6.07, 6.45) is 1.08. The van der Waals surface area contributed by atoms with Crippen molar-refractivity contribution in [1.82, 2.24) is 9.21 Å². The topological polar surface area (TPSA) is 60.9 Å². The third-order valence-corrected chi connectivity index (χ3v) is 6.48. The molecule has 156 valence electrons. The third-order valence-electron chi connectivity index (χ3n) is 4.91. The lowest BCUT2D eigenvalue weighted by molar-refractivity contribution is -0.131. The van der Waals surface area contributed by atoms with E-state index in [1.807, 2.05) is 4.90 Å². The van der Waals surface area contributed by atoms with Gasteiger partial charge in [-0.2, -0.15) is 4.31 Å². The van der Waals surface area contributed by atoms with Crippen LogP contribution in [0, 0.1) is 5.82 Å². The number of carbonyl (C=O) groups excluding carboxylic acids is 1. The molecule has 1 amide bonds. The quantitative estimate of drug-likeness (QED) is 0.694. The Morgan fingerprint density at radius 3 is 2.31 bits per heavy atom. The van der Waals surface area contributed by atoms with E-state index in [1.165, 1.54) is 6.07 Å². The number of piperazine rings is 1. The molecule has 0 spiro atoms. The summed E-state index contributed by atoms with van der Waals surface area (Å²) in [5.41, 5.74) is 1.15. The Bertz CT molecular complexity index is 978. The number of nitrogens with zero attached hydrogens (tertiary/aromatic N) is 3. The lowest BCUT2D eigenvalue weighted by atomic mass is 10.2. The Morgan fingerprint density at radius 1 is 1.07 bits per heavy atom. The van der Waals surface area contributed by atoms with Crippen molar-refractivity contribution >= 4 is 33.2 Å². The summed E-state index contributed by atoms with van der Waals surface area (Å²) in [5, 5.41) is 0.451. The molecule has 2 aromatic rings. The standard InChI is InChI=1S/C20H23ClFN3O3S/c1-29(27,28)25(14-16-6-2-3-7-17(16)21)15-20(26)24-12-10-23(11-13-24)19-9-5-4-8-18(19)22/h2-9H,10-15H2,1H3. The van der Waals surface area contributed by atoms with Crippen molar-refractivity contribution in [3.63, 3.8) is 0 Å². The number of hydrogen-bond donors (Lipinski definition) is 0. The van der Waals surface area contributed by atoms with Gasteiger partial charge in [0, 0.05) is 37.7 Å². The fourth-order valence-electron chi connectivity index (χ4n) is 3.26. The Labute approximate surface area is 175 Å². The summed E-state index contributed by atoms with van der Waals surface area (Å²) in [5.74, 6) is -0.578. The van der Waals surface area contributed by atoms with E-state index in [4.69, 9.17) is 11.6 Å². The first-order valence-electron chi connectivity index (χ1n) is 9.21. The number of anilines is 1. The van der Waals surface area contributed by atoms with E-state index < -0.39 is 10.0 Å². The number of carbonyl (C=O) groups is 1. The van der Waals surface area contributed by atoms with Crippen LogP contribution in [0.2, 0.25) is 5.02 Å². The molecule has 1 heterocycles. The van der Waals surface area contributed by atoms with E-state index in [1.54, 1.807) is 47.4 Å². The zero-order valence-electron chi connectivity index (χ0n) is 16.1. The molecule has 0 bridgehead atoms. The van der Waals surface area contributed by atoms with Crippen molar-refractivity contribution in [1.29, 1.82) is 0 Å². The molecule has 1 fully saturated rings. The number of sulfonamides is 1. The summed E-state index contributed by atoms with van der Waals surface area (Å²) in [7, 11) is -3.61. The van der Waals surface area contributed by atoms with Crippen LogP contribution in [0.15, 0.2) is 48.5 Å². The molecule has 1 aliphatic heterocycles. The van der Waals surface area contributed by atoms with E-state index in [0.29, 0.717) is 42.5 Å². The van der Waals surface area contributed by atoms with Crippen molar-refractivity contribution in [3.8, 4) is 0 Å². The lowest BCUT2D eigenvalue weighted by Gasteiger charge is -2.37. The Balaban J connectivity index is 1.64. The molecule has 1 saturated heterocycles. The maximum Gasteiger partial charge on any atom is 0.238 e. The summed E-state index contributed by atoms with van der Waals surface area (Å²) in [6.45, 7) is 1.53. The van der Waals surface area contributed by atoms with Gasteiger partial charge in [-0.3, -0.25) is 4.79 Å². The summed E-state index contributed by atoms with van der Waals surface area (Å²) in [4.78, 5) is 16.2. The summed E-state index contributed by atoms with van der Waals surface area (Å²) in [6, 6.07) is 13.5. The normalized spacial score (nSPS) is 15.0. The number of hydrogen-bond acceptors (Lipinski definition) is 4. The van der Waals surface area contributed by atoms with Crippen LogP contribution in [0.3, 0.4) is 0 Å². The molecule has 2 aromatic carbocycles. The predicted molar refractivity (Wildman–Crippen MR) is 112 cm³/mol. The minimum absolute atomic E-state index is 0.0272. The maximum atomic E-state index is 14.0. The number of benzene rings is 2. The molecule has 0 N–H and O–H groups in total. The second-order valence-electron chi connectivity index (χ2n) is 6.94. The monoisotopic (exact) mass is 439 g/mol. The van der Waals surface area contributed by atoms with Gasteiger partial charge < -0.3 is 9.80 Å². The molecule has 0 aromatic heterocycles. The highest BCUT2D eigenvalue weighted by atomic mass is 35.5. The number of para-hydroxylation sites is 1. The average Bonchev–Trinajstić information content (AvgIpc) is 2.69. The van der Waals surface area contributed by atoms with Crippen molar-refractivity contribution in [2.75, 3.05) is 43.9 Å². The largest absolute Gasteiger partial charge is 0.366 e. The van der Waals surface area contributed by atoms with Gasteiger partial charge in [-0.25, -0.2) is 12.8 Å². The van der Waals surface area contributed by atoms with E-state index in [9.17, 15) is 17.6 Å². The van der Waals surface area contributed by atoms with Gasteiger partial charge in [-0.05, 0) is 23.8 Å². The van der Waals surface area contributed by atoms with Gasteiger partial charge >= 0.3 is 0 Å². The van der Waals surface area contributed by atoms with Gasteiger partial charge in [-0.15, -0.1) is 0 Å². The van der Waals surface area contributed by atoms with Crippen LogP contribution in [-0.2, 0) is 21.4 Å². The fourth-order valence-corrected chi connectivity index (χ4v) is 4.18. The molecule has 1 aliphatic rings. The minimum atomic E-state index is -3.61. The van der Waals surface area contributed by atoms with Crippen LogP contribution in [0.25, 0.3) is 0 Å². The molecule has 6 nitrogen and oxygen atoms in total. The van der Waals surface area contributed by atoms with E-state index in [0.717, 1.165) is 10.6 Å². The molecule has 0 unspecified atom stereocenters. The van der Waals surface area contributed by atoms with Crippen molar-refractivity contribution in [3.05, 3.63) is 64.9 Å². The highest BCUT2D eigenvalue weighted by molar-refractivity contribution is 7.88. The lowest BCUT2D eigenvalue weighted by Crippen LogP contribution is -2.51. The molecular formula is C20H23ClFN3O3S. The first-order chi connectivity index (χ1) is 13.8. The van der Waals surface area contributed by atoms with Crippen LogP contribution in [0.1, 0.15) is 5.56 Å². The van der Waals surface area contributed by atoms with Gasteiger partial charge in [0.2, 0.25) is 15.9 Å². The SMILES string of the molecule is CS(=O)(=O)N(CC(=O)N1CCN(c2ccccc2F)CC1)Cc1ccccc1Cl. The van der Waals surface area contributed by atoms with Gasteiger partial charge in [0.05, 0.1) is 18.5 Å². The molecule has 9 heteroatoms. The molecule has 0 radical (unpaired) electrons. The minimum Gasteiger partial charge on any atom is -0.366 e. The van der Waals surface area contributed by atoms with E-state index in [2.05, 4.69) is 0 Å². The van der Waals surface area contributed by atoms with Gasteiger partial charge in [0.15, 0.2) is 0 Å². The van der Waals surface area contributed by atoms with Gasteiger partial charge in [0.25, 0.3) is 0 Å². The molecule has 0 atom stereocenters. The van der Waals surface area contributed by atoms with Gasteiger partial charge in [-0.1, -0.05) is 41.9 Å². The van der Waals surface area contributed by atoms with Crippen LogP contribution < -0.4 is 4.90 Å². The second-order valence-corrected chi connectivity index (χ2v) is 9.33. The first-order valence-corrected chi connectivity index (χ1v) is 11.4. The Hall–Kier alpha value is -2.16. The summed E-state index contributed by atoms with van der Waals surface area (Å²) < 4.78 is 39.5. The maximum absolute atomic E-state index is 14.0. The molecular weight excluding hydrogens is 417 g/mol. The smallest absolute Gasteiger partial charge is 0.238 e. The highest BCUT2D eigenvalue weighted by Crippen LogP contribution is 2.21. The van der Waals surface area contributed by atoms with Crippen LogP contribution in [0.4, 0.5) is 10.1 Å². The molecule has 3 rings (SSSR count). The van der Waals surface area contributed by atoms with Gasteiger partial charge in [0.1, 0.15) is 5.82 Å². The molecule has 29 heavy (non-hydrogen) atoms. The van der Waals surface area contributed by atoms with Crippen LogP contribution in [0.5, 0.6) is 0 Å². The van der Waals surface area contributed by atoms with Crippen molar-refractivity contribution in [2.24, 2.45) is 0 Å². The zero-order valence-corrected chi connectivity index (χ0v) is 17.7. The fraction of sp³-hybridized carbons (Fsp3) is 0.350. The third kappa shape index (κ3) is 5.46. The van der Waals surface area contributed by atoms with Crippen LogP contribution >= 0.6 is 11.6 Å². The molecule has 0 aliphatic carbocycles. The molecule has 0 saturated carbocycles. The van der Waals surface area contributed by atoms with E-state index >= 15 is 0 Å². The van der Waals surface area contributed by atoms with Crippen LogP contribution in [-0.4, -0.2) is 62.5 Å². The summed E-state index contributed by atoms with van der Waals surface area (Å²) >= 11 is 6.14. The predicted octanol–water partition coefficient (Wildman–Crippen LogP) is 2.59. The number of rotatable bonds is 6.